The number of hydrogen-bond acceptors (Lipinski definition) is 4. The van der Waals surface area contributed by atoms with Crippen molar-refractivity contribution in [2.24, 2.45) is 0 Å². The first-order valence-corrected chi connectivity index (χ1v) is 6.96. The first kappa shape index (κ1) is 16.2. The van der Waals surface area contributed by atoms with E-state index in [1.54, 1.807) is 13.8 Å². The number of amides is 1. The Kier molecular flexibility index (Phi) is 4.97. The van der Waals surface area contributed by atoms with E-state index in [4.69, 9.17) is 14.6 Å². The summed E-state index contributed by atoms with van der Waals surface area (Å²) in [6.07, 6.45) is -2.20. The number of carboxylic acids is 1. The van der Waals surface area contributed by atoms with Crippen LogP contribution in [0.25, 0.3) is 0 Å². The van der Waals surface area contributed by atoms with Gasteiger partial charge in [-0.1, -0.05) is 0 Å². The molecule has 7 heteroatoms. The van der Waals surface area contributed by atoms with E-state index in [1.165, 1.54) is 29.2 Å². The number of ether oxygens (including phenoxy) is 2. The van der Waals surface area contributed by atoms with E-state index in [0.717, 1.165) is 0 Å². The van der Waals surface area contributed by atoms with Crippen molar-refractivity contribution in [3.63, 3.8) is 0 Å². The lowest BCUT2D eigenvalue weighted by Crippen LogP contribution is -2.54. The van der Waals surface area contributed by atoms with E-state index in [2.05, 4.69) is 0 Å². The fraction of sp³-hybridized carbons (Fsp3) is 0.467. The maximum Gasteiger partial charge on any atom is 0.334 e. The van der Waals surface area contributed by atoms with Crippen LogP contribution in [0.2, 0.25) is 0 Å². The Bertz CT molecular complexity index is 547. The van der Waals surface area contributed by atoms with Crippen LogP contribution >= 0.6 is 0 Å². The van der Waals surface area contributed by atoms with E-state index in [9.17, 15) is 14.0 Å². The van der Waals surface area contributed by atoms with Gasteiger partial charge >= 0.3 is 5.97 Å². The van der Waals surface area contributed by atoms with E-state index < -0.39 is 24.0 Å². The second-order valence-corrected chi connectivity index (χ2v) is 5.23. The molecule has 1 aliphatic heterocycles. The fourth-order valence-corrected chi connectivity index (χ4v) is 2.29. The van der Waals surface area contributed by atoms with Gasteiger partial charge < -0.3 is 19.5 Å². The Morgan fingerprint density at radius 1 is 1.36 bits per heavy atom. The molecule has 2 unspecified atom stereocenters. The summed E-state index contributed by atoms with van der Waals surface area (Å²) in [5.74, 6) is -1.45. The number of morpholine rings is 1. The quantitative estimate of drug-likeness (QED) is 0.907. The summed E-state index contributed by atoms with van der Waals surface area (Å²) in [6.45, 7) is 3.57. The number of carboxylic acid groups (broad SMARTS) is 1. The molecular formula is C15H18FNO5. The van der Waals surface area contributed by atoms with Gasteiger partial charge in [0.2, 0.25) is 0 Å². The molecule has 6 nitrogen and oxygen atoms in total. The van der Waals surface area contributed by atoms with Gasteiger partial charge in [0.05, 0.1) is 12.6 Å². The highest BCUT2D eigenvalue weighted by atomic mass is 19.1. The molecule has 0 aliphatic carbocycles. The Morgan fingerprint density at radius 2 is 2.00 bits per heavy atom. The smallest absolute Gasteiger partial charge is 0.334 e. The molecule has 1 N–H and O–H groups in total. The van der Waals surface area contributed by atoms with Crippen molar-refractivity contribution in [2.45, 2.75) is 32.2 Å². The highest BCUT2D eigenvalue weighted by molar-refractivity contribution is 5.82. The summed E-state index contributed by atoms with van der Waals surface area (Å²) < 4.78 is 23.6. The molecule has 0 bridgehead atoms. The summed E-state index contributed by atoms with van der Waals surface area (Å²) in [6, 6.07) is 5.34. The van der Waals surface area contributed by atoms with Crippen LogP contribution in [0.5, 0.6) is 5.75 Å². The molecule has 0 aromatic heterocycles. The monoisotopic (exact) mass is 311 g/mol. The first-order chi connectivity index (χ1) is 10.4. The molecule has 3 atom stereocenters. The lowest BCUT2D eigenvalue weighted by atomic mass is 10.2. The number of aliphatic carboxylic acids is 1. The number of carbonyl (C=O) groups is 2. The summed E-state index contributed by atoms with van der Waals surface area (Å²) in [4.78, 5) is 24.8. The van der Waals surface area contributed by atoms with E-state index >= 15 is 0 Å². The Labute approximate surface area is 127 Å². The minimum absolute atomic E-state index is 0.0182. The molecule has 0 saturated carbocycles. The Balaban J connectivity index is 2.00. The minimum Gasteiger partial charge on any atom is -0.481 e. The van der Waals surface area contributed by atoms with Gasteiger partial charge in [0.25, 0.3) is 5.91 Å². The maximum absolute atomic E-state index is 12.8. The molecule has 1 aliphatic rings. The van der Waals surface area contributed by atoms with Crippen LogP contribution < -0.4 is 4.74 Å². The van der Waals surface area contributed by atoms with Crippen molar-refractivity contribution in [3.05, 3.63) is 30.1 Å². The normalized spacial score (nSPS) is 23.0. The lowest BCUT2D eigenvalue weighted by molar-refractivity contribution is -0.168. The van der Waals surface area contributed by atoms with Crippen LogP contribution in [0.15, 0.2) is 24.3 Å². The van der Waals surface area contributed by atoms with Gasteiger partial charge in [-0.05, 0) is 38.1 Å². The van der Waals surface area contributed by atoms with Gasteiger partial charge in [-0.15, -0.1) is 0 Å². The average Bonchev–Trinajstić information content (AvgIpc) is 2.48. The third kappa shape index (κ3) is 3.94. The first-order valence-electron chi connectivity index (χ1n) is 6.96. The number of carbonyl (C=O) groups excluding carboxylic acids is 1. The Morgan fingerprint density at radius 3 is 2.59 bits per heavy atom. The standard InChI is InChI=1S/C15H18FNO5/c1-9-7-17(8-13(21-9)15(19)20)14(18)10(2)22-12-5-3-11(16)4-6-12/h3-6,9-10,13H,7-8H2,1-2H3,(H,19,20)/t9-,10?,13?/m1/s1. The summed E-state index contributed by atoms with van der Waals surface area (Å²) in [5, 5.41) is 9.03. The molecule has 1 fully saturated rings. The Hall–Kier alpha value is -2.15. The number of halogens is 1. The predicted octanol–water partition coefficient (Wildman–Crippen LogP) is 1.29. The molecule has 22 heavy (non-hydrogen) atoms. The van der Waals surface area contributed by atoms with E-state index in [0.29, 0.717) is 12.3 Å². The summed E-state index contributed by atoms with van der Waals surface area (Å²) >= 11 is 0. The van der Waals surface area contributed by atoms with Crippen molar-refractivity contribution in [1.82, 2.24) is 4.90 Å². The summed E-state index contributed by atoms with van der Waals surface area (Å²) in [5.41, 5.74) is 0. The number of benzene rings is 1. The third-order valence-electron chi connectivity index (χ3n) is 3.32. The molecule has 1 heterocycles. The predicted molar refractivity (Wildman–Crippen MR) is 75.0 cm³/mol. The second-order valence-electron chi connectivity index (χ2n) is 5.23. The van der Waals surface area contributed by atoms with Crippen LogP contribution in [0.4, 0.5) is 4.39 Å². The fourth-order valence-electron chi connectivity index (χ4n) is 2.29. The molecule has 1 aromatic carbocycles. The third-order valence-corrected chi connectivity index (χ3v) is 3.32. The zero-order chi connectivity index (χ0) is 16.3. The molecule has 1 amide bonds. The molecule has 0 spiro atoms. The molecule has 1 saturated heterocycles. The van der Waals surface area contributed by atoms with Crippen LogP contribution in [0.1, 0.15) is 13.8 Å². The zero-order valence-corrected chi connectivity index (χ0v) is 12.4. The minimum atomic E-state index is -1.10. The van der Waals surface area contributed by atoms with E-state index in [-0.39, 0.29) is 18.6 Å². The van der Waals surface area contributed by atoms with Crippen molar-refractivity contribution in [1.29, 1.82) is 0 Å². The summed E-state index contributed by atoms with van der Waals surface area (Å²) in [7, 11) is 0. The molecule has 2 rings (SSSR count). The maximum atomic E-state index is 12.8. The van der Waals surface area contributed by atoms with Gasteiger partial charge in [-0.25, -0.2) is 9.18 Å². The molecule has 120 valence electrons. The van der Waals surface area contributed by atoms with Gasteiger partial charge in [0, 0.05) is 6.54 Å². The van der Waals surface area contributed by atoms with Crippen LogP contribution in [0.3, 0.4) is 0 Å². The second kappa shape index (κ2) is 6.74. The topological polar surface area (TPSA) is 76.1 Å². The van der Waals surface area contributed by atoms with Crippen molar-refractivity contribution in [3.8, 4) is 5.75 Å². The van der Waals surface area contributed by atoms with Gasteiger partial charge in [-0.2, -0.15) is 0 Å². The van der Waals surface area contributed by atoms with Crippen molar-refractivity contribution >= 4 is 11.9 Å². The lowest BCUT2D eigenvalue weighted by Gasteiger charge is -2.36. The van der Waals surface area contributed by atoms with Gasteiger partial charge in [-0.3, -0.25) is 4.79 Å². The number of nitrogens with zero attached hydrogens (tertiary/aromatic N) is 1. The number of rotatable bonds is 4. The molecular weight excluding hydrogens is 293 g/mol. The molecule has 1 aromatic rings. The van der Waals surface area contributed by atoms with Crippen molar-refractivity contribution in [2.75, 3.05) is 13.1 Å². The SMILES string of the molecule is CC(Oc1ccc(F)cc1)C(=O)N1CC(C(=O)O)O[C@H](C)C1. The van der Waals surface area contributed by atoms with E-state index in [1.807, 2.05) is 0 Å². The van der Waals surface area contributed by atoms with Crippen LogP contribution in [-0.4, -0.2) is 53.3 Å². The molecule has 0 radical (unpaired) electrons. The van der Waals surface area contributed by atoms with Crippen molar-refractivity contribution < 1.29 is 28.6 Å². The van der Waals surface area contributed by atoms with Gasteiger partial charge in [0.15, 0.2) is 12.2 Å². The highest BCUT2D eigenvalue weighted by Crippen LogP contribution is 2.17. The average molecular weight is 311 g/mol. The van der Waals surface area contributed by atoms with Crippen LogP contribution in [0, 0.1) is 5.82 Å². The zero-order valence-electron chi connectivity index (χ0n) is 12.4. The highest BCUT2D eigenvalue weighted by Gasteiger charge is 2.34. The van der Waals surface area contributed by atoms with Crippen LogP contribution in [-0.2, 0) is 14.3 Å². The number of hydrogen-bond donors (Lipinski definition) is 1. The largest absolute Gasteiger partial charge is 0.481 e. The van der Waals surface area contributed by atoms with Gasteiger partial charge in [0.1, 0.15) is 11.6 Å².